The van der Waals surface area contributed by atoms with Crippen molar-refractivity contribution in [2.24, 2.45) is 0 Å². The molecule has 1 amide bonds. The second kappa shape index (κ2) is 9.95. The van der Waals surface area contributed by atoms with Gasteiger partial charge in [-0.3, -0.25) is 9.10 Å². The predicted molar refractivity (Wildman–Crippen MR) is 140 cm³/mol. The van der Waals surface area contributed by atoms with Crippen molar-refractivity contribution in [1.29, 1.82) is 0 Å². The van der Waals surface area contributed by atoms with Gasteiger partial charge < -0.3 is 5.32 Å². The second-order valence-corrected chi connectivity index (χ2v) is 10.6. The Balaban J connectivity index is 1.32. The Labute approximate surface area is 210 Å². The molecule has 4 aromatic rings. The van der Waals surface area contributed by atoms with Gasteiger partial charge in [0.15, 0.2) is 0 Å². The molecule has 1 aliphatic heterocycles. The Kier molecular flexibility index (Phi) is 6.57. The van der Waals surface area contributed by atoms with Crippen LogP contribution in [-0.4, -0.2) is 20.9 Å². The summed E-state index contributed by atoms with van der Waals surface area (Å²) in [6, 6.07) is 28.1. The van der Waals surface area contributed by atoms with Gasteiger partial charge in [-0.15, -0.1) is 0 Å². The van der Waals surface area contributed by atoms with Gasteiger partial charge in [-0.25, -0.2) is 12.8 Å². The maximum Gasteiger partial charge on any atom is 0.264 e. The van der Waals surface area contributed by atoms with Crippen molar-refractivity contribution in [2.75, 3.05) is 16.2 Å². The molecule has 182 valence electrons. The van der Waals surface area contributed by atoms with Crippen molar-refractivity contribution >= 4 is 27.3 Å². The van der Waals surface area contributed by atoms with Gasteiger partial charge >= 0.3 is 0 Å². The molecule has 4 aromatic carbocycles. The van der Waals surface area contributed by atoms with Crippen LogP contribution in [0.5, 0.6) is 0 Å². The maximum atomic E-state index is 13.3. The average molecular weight is 501 g/mol. The second-order valence-electron chi connectivity index (χ2n) is 8.77. The number of benzene rings is 4. The smallest absolute Gasteiger partial charge is 0.264 e. The van der Waals surface area contributed by atoms with Gasteiger partial charge in [-0.05, 0) is 71.5 Å². The van der Waals surface area contributed by atoms with Crippen LogP contribution in [0, 0.1) is 5.82 Å². The third-order valence-corrected chi connectivity index (χ3v) is 8.10. The number of halogens is 1. The highest BCUT2D eigenvalue weighted by Crippen LogP contribution is 2.34. The van der Waals surface area contributed by atoms with Crippen molar-refractivity contribution in [3.63, 3.8) is 0 Å². The van der Waals surface area contributed by atoms with Crippen LogP contribution >= 0.6 is 0 Å². The van der Waals surface area contributed by atoms with E-state index in [-0.39, 0.29) is 17.2 Å². The van der Waals surface area contributed by atoms with Gasteiger partial charge in [0.25, 0.3) is 10.0 Å². The van der Waals surface area contributed by atoms with Gasteiger partial charge in [0.2, 0.25) is 5.91 Å². The number of sulfonamides is 1. The fourth-order valence-corrected chi connectivity index (χ4v) is 5.97. The van der Waals surface area contributed by atoms with E-state index in [1.807, 2.05) is 60.7 Å². The first-order chi connectivity index (χ1) is 17.4. The molecule has 1 aliphatic rings. The van der Waals surface area contributed by atoms with Crippen molar-refractivity contribution in [1.82, 2.24) is 0 Å². The lowest BCUT2D eigenvalue weighted by Crippen LogP contribution is -2.35. The molecule has 36 heavy (non-hydrogen) atoms. The van der Waals surface area contributed by atoms with Crippen LogP contribution in [0.25, 0.3) is 11.1 Å². The molecule has 5 rings (SSSR count). The fraction of sp³-hybridized carbons (Fsp3) is 0.138. The number of hydrogen-bond acceptors (Lipinski definition) is 3. The minimum atomic E-state index is -3.86. The number of anilines is 2. The minimum Gasteiger partial charge on any atom is -0.326 e. The summed E-state index contributed by atoms with van der Waals surface area (Å²) in [6.45, 7) is 0.317. The summed E-state index contributed by atoms with van der Waals surface area (Å²) in [5, 5.41) is 2.90. The van der Waals surface area contributed by atoms with Crippen LogP contribution in [0.15, 0.2) is 102 Å². The van der Waals surface area contributed by atoms with Crippen LogP contribution in [0.3, 0.4) is 0 Å². The SMILES string of the molecule is O=C(Cc1ccc(-c2ccccc2)cc1)Nc1ccc2c(c1)N(S(=O)(=O)c1ccc(F)cc1)CCC2. The molecule has 7 heteroatoms. The number of nitrogens with one attached hydrogen (secondary N) is 1. The molecule has 0 unspecified atom stereocenters. The predicted octanol–water partition coefficient (Wildman–Crippen LogP) is 5.82. The molecular weight excluding hydrogens is 475 g/mol. The van der Waals surface area contributed by atoms with Crippen molar-refractivity contribution in [3.05, 3.63) is 114 Å². The summed E-state index contributed by atoms with van der Waals surface area (Å²) < 4.78 is 41.2. The molecule has 0 fully saturated rings. The molecule has 0 radical (unpaired) electrons. The van der Waals surface area contributed by atoms with E-state index in [1.54, 1.807) is 12.1 Å². The van der Waals surface area contributed by atoms with E-state index in [2.05, 4.69) is 5.32 Å². The molecule has 0 aliphatic carbocycles. The van der Waals surface area contributed by atoms with Gasteiger partial charge in [0.05, 0.1) is 17.0 Å². The maximum absolute atomic E-state index is 13.3. The summed E-state index contributed by atoms with van der Waals surface area (Å²) in [5.41, 5.74) is 5.03. The van der Waals surface area contributed by atoms with Gasteiger partial charge in [0.1, 0.15) is 5.82 Å². The molecule has 1 heterocycles. The molecule has 0 spiro atoms. The Morgan fingerprint density at radius 2 is 1.56 bits per heavy atom. The molecule has 5 nitrogen and oxygen atoms in total. The van der Waals surface area contributed by atoms with E-state index in [0.717, 1.165) is 40.8 Å². The molecular formula is C29H25FN2O3S. The molecule has 1 N–H and O–H groups in total. The normalized spacial score (nSPS) is 13.2. The number of rotatable bonds is 6. The monoisotopic (exact) mass is 500 g/mol. The van der Waals surface area contributed by atoms with E-state index in [9.17, 15) is 17.6 Å². The molecule has 0 bridgehead atoms. The van der Waals surface area contributed by atoms with E-state index in [1.165, 1.54) is 16.4 Å². The van der Waals surface area contributed by atoms with E-state index >= 15 is 0 Å². The highest BCUT2D eigenvalue weighted by atomic mass is 32.2. The topological polar surface area (TPSA) is 66.5 Å². The third kappa shape index (κ3) is 5.02. The van der Waals surface area contributed by atoms with Crippen LogP contribution in [0.4, 0.5) is 15.8 Å². The third-order valence-electron chi connectivity index (χ3n) is 6.27. The lowest BCUT2D eigenvalue weighted by molar-refractivity contribution is -0.115. The number of aryl methyl sites for hydroxylation is 1. The van der Waals surface area contributed by atoms with Gasteiger partial charge in [0, 0.05) is 12.2 Å². The number of carbonyl (C=O) groups excluding carboxylic acids is 1. The number of fused-ring (bicyclic) bond motifs is 1. The standard InChI is InChI=1S/C29H25FN2O3S/c30-25-13-16-27(17-14-25)36(34,35)32-18-4-7-24-12-15-26(20-28(24)32)31-29(33)19-21-8-10-23(11-9-21)22-5-2-1-3-6-22/h1-3,5-6,8-17,20H,4,7,18-19H2,(H,31,33). The quantitative estimate of drug-likeness (QED) is 0.363. The highest BCUT2D eigenvalue weighted by Gasteiger charge is 2.29. The average Bonchev–Trinajstić information content (AvgIpc) is 2.89. The summed E-state index contributed by atoms with van der Waals surface area (Å²) >= 11 is 0. The number of nitrogens with zero attached hydrogens (tertiary/aromatic N) is 1. The summed E-state index contributed by atoms with van der Waals surface area (Å²) in [5.74, 6) is -0.682. The van der Waals surface area contributed by atoms with E-state index in [4.69, 9.17) is 0 Å². The fourth-order valence-electron chi connectivity index (χ4n) is 4.44. The first-order valence-electron chi connectivity index (χ1n) is 11.8. The van der Waals surface area contributed by atoms with Gasteiger partial charge in [-0.2, -0.15) is 0 Å². The van der Waals surface area contributed by atoms with Crippen molar-refractivity contribution in [3.8, 4) is 11.1 Å². The zero-order chi connectivity index (χ0) is 25.1. The van der Waals surface area contributed by atoms with E-state index < -0.39 is 15.8 Å². The Morgan fingerprint density at radius 3 is 2.28 bits per heavy atom. The lowest BCUT2D eigenvalue weighted by Gasteiger charge is -2.31. The number of amides is 1. The molecule has 0 saturated heterocycles. The summed E-state index contributed by atoms with van der Waals surface area (Å²) in [7, 11) is -3.86. The Morgan fingerprint density at radius 1 is 0.861 bits per heavy atom. The summed E-state index contributed by atoms with van der Waals surface area (Å²) in [6.07, 6.45) is 1.62. The van der Waals surface area contributed by atoms with Gasteiger partial charge in [-0.1, -0.05) is 60.7 Å². The van der Waals surface area contributed by atoms with Crippen LogP contribution < -0.4 is 9.62 Å². The molecule has 0 saturated carbocycles. The molecule has 0 atom stereocenters. The largest absolute Gasteiger partial charge is 0.326 e. The number of hydrogen-bond donors (Lipinski definition) is 1. The first-order valence-corrected chi connectivity index (χ1v) is 13.2. The van der Waals surface area contributed by atoms with E-state index in [0.29, 0.717) is 24.3 Å². The highest BCUT2D eigenvalue weighted by molar-refractivity contribution is 7.92. The van der Waals surface area contributed by atoms with Crippen molar-refractivity contribution < 1.29 is 17.6 Å². The number of carbonyl (C=O) groups is 1. The Bertz CT molecular complexity index is 1490. The van der Waals surface area contributed by atoms with Crippen LogP contribution in [0.1, 0.15) is 17.5 Å². The summed E-state index contributed by atoms with van der Waals surface area (Å²) in [4.78, 5) is 12.8. The van der Waals surface area contributed by atoms with Crippen LogP contribution in [0.2, 0.25) is 0 Å². The lowest BCUT2D eigenvalue weighted by atomic mass is 10.0. The zero-order valence-electron chi connectivity index (χ0n) is 19.5. The minimum absolute atomic E-state index is 0.0325. The zero-order valence-corrected chi connectivity index (χ0v) is 20.3. The Hall–Kier alpha value is -3.97. The van der Waals surface area contributed by atoms with Crippen LogP contribution in [-0.2, 0) is 27.7 Å². The molecule has 0 aromatic heterocycles. The first kappa shape index (κ1) is 23.8. The van der Waals surface area contributed by atoms with Crippen molar-refractivity contribution in [2.45, 2.75) is 24.2 Å².